The Balaban J connectivity index is 1.82. The molecule has 1 unspecified atom stereocenters. The lowest BCUT2D eigenvalue weighted by Crippen LogP contribution is -2.31. The third-order valence-electron chi connectivity index (χ3n) is 7.06. The van der Waals surface area contributed by atoms with E-state index >= 15 is 0 Å². The molecule has 5 aromatic rings. The molecule has 4 aromatic carbocycles. The molecule has 3 N–H and O–H groups in total. The van der Waals surface area contributed by atoms with E-state index in [0.717, 1.165) is 50.0 Å². The third-order valence-corrected chi connectivity index (χ3v) is 7.06. The van der Waals surface area contributed by atoms with E-state index in [0.29, 0.717) is 11.3 Å². The van der Waals surface area contributed by atoms with Crippen LogP contribution in [0.1, 0.15) is 38.2 Å². The van der Waals surface area contributed by atoms with Gasteiger partial charge in [-0.25, -0.2) is 4.79 Å². The largest absolute Gasteiger partial charge is 0.440 e. The molecule has 0 saturated heterocycles. The van der Waals surface area contributed by atoms with Crippen LogP contribution in [-0.4, -0.2) is 11.0 Å². The molecule has 4 nitrogen and oxygen atoms in total. The number of benzene rings is 4. The van der Waals surface area contributed by atoms with Crippen molar-refractivity contribution < 1.29 is 9.53 Å². The number of nitrogens with two attached hydrogens (primary N) is 1. The van der Waals surface area contributed by atoms with E-state index in [1.165, 1.54) is 0 Å². The summed E-state index contributed by atoms with van der Waals surface area (Å²) in [5.74, 6) is -0.350. The van der Waals surface area contributed by atoms with E-state index in [4.69, 9.17) is 10.5 Å². The molecular formula is C30H24N2O2. The number of hydrogen-bond acceptors (Lipinski definition) is 3. The van der Waals surface area contributed by atoms with Crippen LogP contribution in [0.4, 0.5) is 5.69 Å². The van der Waals surface area contributed by atoms with Gasteiger partial charge < -0.3 is 15.5 Å². The Morgan fingerprint density at radius 3 is 2.32 bits per heavy atom. The molecule has 1 aromatic heterocycles. The summed E-state index contributed by atoms with van der Waals surface area (Å²) in [5, 5.41) is 0.989. The zero-order valence-corrected chi connectivity index (χ0v) is 19.1. The number of carbonyl (C=O) groups excluding carboxylic acids is 1. The van der Waals surface area contributed by atoms with Gasteiger partial charge in [0.1, 0.15) is 0 Å². The van der Waals surface area contributed by atoms with Crippen molar-refractivity contribution in [2.75, 3.05) is 5.73 Å². The van der Waals surface area contributed by atoms with E-state index in [-0.39, 0.29) is 5.97 Å². The van der Waals surface area contributed by atoms with Crippen molar-refractivity contribution in [1.82, 2.24) is 4.98 Å². The summed E-state index contributed by atoms with van der Waals surface area (Å²) in [5.41, 5.74) is 14.2. The number of aromatic amines is 1. The Bertz CT molecular complexity index is 1580. The number of hydrogen-bond donors (Lipinski definition) is 2. The number of para-hydroxylation sites is 1. The number of nitrogens with one attached hydrogen (secondary N) is 1. The van der Waals surface area contributed by atoms with Gasteiger partial charge in [-0.15, -0.1) is 0 Å². The van der Waals surface area contributed by atoms with Crippen LogP contribution in [0.2, 0.25) is 0 Å². The van der Waals surface area contributed by atoms with Crippen LogP contribution < -0.4 is 5.73 Å². The highest BCUT2D eigenvalue weighted by Crippen LogP contribution is 2.53. The van der Waals surface area contributed by atoms with Crippen LogP contribution in [0.15, 0.2) is 91.0 Å². The van der Waals surface area contributed by atoms with Crippen molar-refractivity contribution >= 4 is 22.6 Å². The van der Waals surface area contributed by atoms with E-state index in [9.17, 15) is 4.79 Å². The number of H-pyrrole nitrogens is 1. The summed E-state index contributed by atoms with van der Waals surface area (Å²) in [7, 11) is 0. The molecule has 0 spiro atoms. The monoisotopic (exact) mass is 444 g/mol. The molecule has 0 bridgehead atoms. The highest BCUT2D eigenvalue weighted by Gasteiger charge is 2.52. The van der Waals surface area contributed by atoms with Crippen molar-refractivity contribution in [2.45, 2.75) is 19.4 Å². The fraction of sp³-hybridized carbons (Fsp3) is 0.100. The van der Waals surface area contributed by atoms with Gasteiger partial charge in [-0.05, 0) is 42.7 Å². The zero-order chi connectivity index (χ0) is 23.4. The predicted octanol–water partition coefficient (Wildman–Crippen LogP) is 6.50. The van der Waals surface area contributed by atoms with Gasteiger partial charge in [0.2, 0.25) is 0 Å². The van der Waals surface area contributed by atoms with Gasteiger partial charge >= 0.3 is 5.97 Å². The number of aromatic nitrogens is 1. The van der Waals surface area contributed by atoms with Crippen molar-refractivity contribution in [1.29, 1.82) is 0 Å². The Kier molecular flexibility index (Phi) is 4.39. The number of fused-ring (bicyclic) bond motifs is 2. The summed E-state index contributed by atoms with van der Waals surface area (Å²) in [6.07, 6.45) is 0. The summed E-state index contributed by atoms with van der Waals surface area (Å²) in [6, 6.07) is 29.9. The summed E-state index contributed by atoms with van der Waals surface area (Å²) in [6.45, 7) is 4.05. The molecule has 0 amide bonds. The molecule has 2 heterocycles. The smallest absolute Gasteiger partial charge is 0.340 e. The molecule has 1 aliphatic rings. The van der Waals surface area contributed by atoms with Crippen LogP contribution in [0.5, 0.6) is 0 Å². The molecule has 4 heteroatoms. The fourth-order valence-corrected chi connectivity index (χ4v) is 5.21. The minimum absolute atomic E-state index is 0.350. The number of rotatable bonds is 3. The first-order valence-corrected chi connectivity index (χ1v) is 11.4. The van der Waals surface area contributed by atoms with Crippen LogP contribution in [0.3, 0.4) is 0 Å². The zero-order valence-electron chi connectivity index (χ0n) is 19.1. The Labute approximate surface area is 198 Å². The molecular weight excluding hydrogens is 420 g/mol. The molecule has 0 saturated carbocycles. The maximum Gasteiger partial charge on any atom is 0.340 e. The van der Waals surface area contributed by atoms with Gasteiger partial charge in [0.05, 0.1) is 11.3 Å². The highest BCUT2D eigenvalue weighted by molar-refractivity contribution is 6.01. The highest BCUT2D eigenvalue weighted by atomic mass is 16.6. The first kappa shape index (κ1) is 20.3. The topological polar surface area (TPSA) is 68.1 Å². The van der Waals surface area contributed by atoms with Gasteiger partial charge in [0, 0.05) is 33.3 Å². The average molecular weight is 445 g/mol. The number of esters is 1. The van der Waals surface area contributed by atoms with Gasteiger partial charge in [-0.2, -0.15) is 0 Å². The van der Waals surface area contributed by atoms with Crippen molar-refractivity contribution in [2.24, 2.45) is 0 Å². The van der Waals surface area contributed by atoms with Crippen molar-refractivity contribution in [3.8, 4) is 11.3 Å². The molecule has 1 aliphatic heterocycles. The summed E-state index contributed by atoms with van der Waals surface area (Å²) >= 11 is 0. The Morgan fingerprint density at radius 1 is 0.794 bits per heavy atom. The average Bonchev–Trinajstić information content (AvgIpc) is 3.40. The number of nitrogen functional groups attached to an aromatic ring is 1. The first-order valence-electron chi connectivity index (χ1n) is 11.4. The Morgan fingerprint density at radius 2 is 1.50 bits per heavy atom. The maximum atomic E-state index is 13.3. The molecule has 0 fully saturated rings. The number of ether oxygens (including phenoxy) is 1. The first-order chi connectivity index (χ1) is 16.5. The lowest BCUT2D eigenvalue weighted by molar-refractivity contribution is 0.0259. The number of aryl methyl sites for hydroxylation is 1. The van der Waals surface area contributed by atoms with Crippen LogP contribution in [0.25, 0.3) is 22.2 Å². The fourth-order valence-electron chi connectivity index (χ4n) is 5.21. The number of cyclic esters (lactones) is 1. The molecule has 0 aliphatic carbocycles. The van der Waals surface area contributed by atoms with E-state index in [1.54, 1.807) is 0 Å². The van der Waals surface area contributed by atoms with Gasteiger partial charge in [0.15, 0.2) is 5.60 Å². The number of carbonyl (C=O) groups is 1. The van der Waals surface area contributed by atoms with E-state index < -0.39 is 5.60 Å². The SMILES string of the molecule is Cc1ccc(C2(c3c(-c4ccccc4)[nH]c4ccccc34)OC(=O)c3ccccc32)c(N)c1C. The third kappa shape index (κ3) is 2.69. The lowest BCUT2D eigenvalue weighted by Gasteiger charge is -2.33. The Hall–Kier alpha value is -4.31. The second-order valence-corrected chi connectivity index (χ2v) is 8.87. The summed E-state index contributed by atoms with van der Waals surface area (Å²) < 4.78 is 6.46. The minimum Gasteiger partial charge on any atom is -0.440 e. The molecule has 6 rings (SSSR count). The van der Waals surface area contributed by atoms with Gasteiger partial charge in [-0.1, -0.05) is 78.9 Å². The normalized spacial score (nSPS) is 17.1. The predicted molar refractivity (Wildman–Crippen MR) is 136 cm³/mol. The number of anilines is 1. The van der Waals surface area contributed by atoms with Crippen LogP contribution >= 0.6 is 0 Å². The lowest BCUT2D eigenvalue weighted by atomic mass is 9.76. The van der Waals surface area contributed by atoms with Crippen LogP contribution in [0, 0.1) is 13.8 Å². The van der Waals surface area contributed by atoms with Gasteiger partial charge in [0.25, 0.3) is 0 Å². The van der Waals surface area contributed by atoms with Gasteiger partial charge in [-0.3, -0.25) is 0 Å². The summed E-state index contributed by atoms with van der Waals surface area (Å²) in [4.78, 5) is 16.9. The molecule has 0 radical (unpaired) electrons. The molecule has 1 atom stereocenters. The molecule has 34 heavy (non-hydrogen) atoms. The van der Waals surface area contributed by atoms with E-state index in [1.807, 2.05) is 80.6 Å². The second kappa shape index (κ2) is 7.35. The second-order valence-electron chi connectivity index (χ2n) is 8.87. The quantitative estimate of drug-likeness (QED) is 0.247. The van der Waals surface area contributed by atoms with Crippen molar-refractivity contribution in [3.05, 3.63) is 124 Å². The van der Waals surface area contributed by atoms with Crippen molar-refractivity contribution in [3.63, 3.8) is 0 Å². The van der Waals surface area contributed by atoms with E-state index in [2.05, 4.69) is 29.2 Å². The molecule has 166 valence electrons. The standard InChI is InChI=1S/C30H24N2O2/c1-18-16-17-24(27(31)19(18)2)30(23-14-8-6-12-21(23)29(33)34-30)26-22-13-7-9-15-25(22)32-28(26)20-10-4-3-5-11-20/h3-17,32H,31H2,1-2H3. The van der Waals surface area contributed by atoms with Crippen LogP contribution in [-0.2, 0) is 10.3 Å². The minimum atomic E-state index is -1.19. The maximum absolute atomic E-state index is 13.3.